The van der Waals surface area contributed by atoms with Crippen molar-refractivity contribution in [2.45, 2.75) is 34.1 Å². The number of nitrogens with zero attached hydrogens (tertiary/aromatic N) is 1. The molecular formula is C8H16N2O2S. The quantitative estimate of drug-likeness (QED) is 0.742. The van der Waals surface area contributed by atoms with Crippen molar-refractivity contribution in [3.05, 3.63) is 0 Å². The Morgan fingerprint density at radius 2 is 2.23 bits per heavy atom. The van der Waals surface area contributed by atoms with Gasteiger partial charge < -0.3 is 0 Å². The molecule has 0 aromatic heterocycles. The molecule has 1 N–H and O–H groups in total. The first kappa shape index (κ1) is 10.7. The minimum Gasteiger partial charge on any atom is -0.235 e. The lowest BCUT2D eigenvalue weighted by Gasteiger charge is -2.22. The highest BCUT2D eigenvalue weighted by atomic mass is 32.2. The molecule has 0 spiro atoms. The van der Waals surface area contributed by atoms with Gasteiger partial charge in [-0.3, -0.25) is 0 Å². The molecule has 0 saturated heterocycles. The Kier molecular flexibility index (Phi) is 3.08. The van der Waals surface area contributed by atoms with Crippen LogP contribution in [0.3, 0.4) is 0 Å². The second-order valence-corrected chi connectivity index (χ2v) is 5.33. The fourth-order valence-electron chi connectivity index (χ4n) is 1.40. The lowest BCUT2D eigenvalue weighted by Crippen LogP contribution is -2.27. The number of hydrogen-bond donors (Lipinski definition) is 1. The Bertz CT molecular complexity index is 245. The second-order valence-electron chi connectivity index (χ2n) is 4.54. The topological polar surface area (TPSA) is 50.7 Å². The molecule has 76 valence electrons. The van der Waals surface area contributed by atoms with Gasteiger partial charge in [0.05, 0.1) is 0 Å². The van der Waals surface area contributed by atoms with Crippen LogP contribution in [0.4, 0.5) is 0 Å². The molecular weight excluding hydrogens is 188 g/mol. The van der Waals surface area contributed by atoms with Crippen LogP contribution in [0.15, 0.2) is 4.40 Å². The first-order chi connectivity index (χ1) is 5.88. The first-order valence-electron chi connectivity index (χ1n) is 4.32. The molecule has 5 heteroatoms. The van der Waals surface area contributed by atoms with Crippen molar-refractivity contribution in [2.75, 3.05) is 0 Å². The highest BCUT2D eigenvalue weighted by Crippen LogP contribution is 2.25. The number of nitrogens with one attached hydrogen (secondary N) is 1. The van der Waals surface area contributed by atoms with Crippen LogP contribution in [-0.2, 0) is 15.6 Å². The predicted molar refractivity (Wildman–Crippen MR) is 53.0 cm³/mol. The minimum absolute atomic E-state index is 0.244. The highest BCUT2D eigenvalue weighted by molar-refractivity contribution is 7.79. The Labute approximate surface area is 81.5 Å². The van der Waals surface area contributed by atoms with Crippen molar-refractivity contribution >= 4 is 17.1 Å². The number of amidine groups is 1. The van der Waals surface area contributed by atoms with Crippen LogP contribution in [0.2, 0.25) is 0 Å². The standard InChI is InChI=1S/C8H16N2O2S/c1-6(5-8(2,3)4)7-9-12-13(11)10-7/h6H,5H2,1-4H3,(H,9,10). The molecule has 1 aliphatic rings. The van der Waals surface area contributed by atoms with Crippen LogP contribution in [0.25, 0.3) is 0 Å². The van der Waals surface area contributed by atoms with Gasteiger partial charge in [0.2, 0.25) is 0 Å². The Morgan fingerprint density at radius 1 is 1.62 bits per heavy atom. The van der Waals surface area contributed by atoms with Crippen molar-refractivity contribution in [2.24, 2.45) is 15.7 Å². The van der Waals surface area contributed by atoms with E-state index >= 15 is 0 Å². The van der Waals surface area contributed by atoms with Gasteiger partial charge in [0.1, 0.15) is 5.84 Å². The van der Waals surface area contributed by atoms with Crippen LogP contribution >= 0.6 is 0 Å². The zero-order valence-corrected chi connectivity index (χ0v) is 9.27. The zero-order chi connectivity index (χ0) is 10.1. The average Bonchev–Trinajstić information content (AvgIpc) is 2.31. The van der Waals surface area contributed by atoms with Crippen LogP contribution < -0.4 is 5.48 Å². The summed E-state index contributed by atoms with van der Waals surface area (Å²) in [4.78, 5) is 0. The molecule has 13 heavy (non-hydrogen) atoms. The lowest BCUT2D eigenvalue weighted by atomic mass is 9.85. The summed E-state index contributed by atoms with van der Waals surface area (Å²) in [5.74, 6) is 0.944. The molecule has 0 saturated carbocycles. The maximum atomic E-state index is 10.8. The van der Waals surface area contributed by atoms with Crippen molar-refractivity contribution < 1.29 is 8.49 Å². The molecule has 1 aliphatic heterocycles. The number of rotatable bonds is 2. The number of hydroxylamine groups is 1. The molecule has 4 nitrogen and oxygen atoms in total. The fourth-order valence-corrected chi connectivity index (χ4v) is 1.97. The Balaban J connectivity index is 2.54. The number of hydrogen-bond acceptors (Lipinski definition) is 3. The van der Waals surface area contributed by atoms with Gasteiger partial charge in [-0.25, -0.2) is 9.69 Å². The van der Waals surface area contributed by atoms with Gasteiger partial charge in [0, 0.05) is 5.92 Å². The second kappa shape index (κ2) is 3.75. The summed E-state index contributed by atoms with van der Waals surface area (Å²) in [6.45, 7) is 8.54. The summed E-state index contributed by atoms with van der Waals surface area (Å²) in [7, 11) is 0. The smallest absolute Gasteiger partial charge is 0.235 e. The summed E-state index contributed by atoms with van der Waals surface area (Å²) in [5, 5.41) is 0. The van der Waals surface area contributed by atoms with E-state index in [-0.39, 0.29) is 11.3 Å². The third kappa shape index (κ3) is 3.44. The minimum atomic E-state index is -1.53. The summed E-state index contributed by atoms with van der Waals surface area (Å²) >= 11 is -1.53. The molecule has 1 rings (SSSR count). The zero-order valence-electron chi connectivity index (χ0n) is 8.46. The first-order valence-corrected chi connectivity index (χ1v) is 5.35. The van der Waals surface area contributed by atoms with E-state index < -0.39 is 11.3 Å². The molecule has 0 aromatic carbocycles. The van der Waals surface area contributed by atoms with E-state index in [1.54, 1.807) is 0 Å². The maximum absolute atomic E-state index is 10.8. The van der Waals surface area contributed by atoms with Crippen LogP contribution in [-0.4, -0.2) is 10.0 Å². The van der Waals surface area contributed by atoms with Gasteiger partial charge in [-0.2, -0.15) is 4.28 Å². The normalized spacial score (nSPS) is 25.2. The van der Waals surface area contributed by atoms with Crippen LogP contribution in [0.1, 0.15) is 34.1 Å². The van der Waals surface area contributed by atoms with Crippen molar-refractivity contribution in [3.63, 3.8) is 0 Å². The van der Waals surface area contributed by atoms with E-state index in [0.29, 0.717) is 5.84 Å². The fraction of sp³-hybridized carbons (Fsp3) is 0.875. The van der Waals surface area contributed by atoms with Crippen molar-refractivity contribution in [1.82, 2.24) is 5.48 Å². The molecule has 0 bridgehead atoms. The third-order valence-corrected chi connectivity index (χ3v) is 2.35. The van der Waals surface area contributed by atoms with E-state index in [9.17, 15) is 4.21 Å². The molecule has 2 unspecified atom stereocenters. The van der Waals surface area contributed by atoms with Crippen molar-refractivity contribution in [1.29, 1.82) is 0 Å². The molecule has 0 aromatic rings. The van der Waals surface area contributed by atoms with Gasteiger partial charge in [-0.15, -0.1) is 4.40 Å². The highest BCUT2D eigenvalue weighted by Gasteiger charge is 2.23. The van der Waals surface area contributed by atoms with E-state index in [1.807, 2.05) is 6.92 Å². The van der Waals surface area contributed by atoms with Gasteiger partial charge in [0.15, 0.2) is 0 Å². The van der Waals surface area contributed by atoms with Crippen molar-refractivity contribution in [3.8, 4) is 0 Å². The SMILES string of the molecule is CC(CC(C)(C)C)C1=NS(=O)ON1. The molecule has 0 aliphatic carbocycles. The molecule has 0 radical (unpaired) electrons. The van der Waals surface area contributed by atoms with E-state index in [2.05, 4.69) is 34.9 Å². The average molecular weight is 204 g/mol. The molecule has 0 fully saturated rings. The van der Waals surface area contributed by atoms with Gasteiger partial charge in [-0.05, 0) is 11.8 Å². The summed E-state index contributed by atoms with van der Waals surface area (Å²) in [6.07, 6.45) is 0.986. The summed E-state index contributed by atoms with van der Waals surface area (Å²) < 4.78 is 19.2. The molecule has 2 atom stereocenters. The van der Waals surface area contributed by atoms with Gasteiger partial charge in [0.25, 0.3) is 0 Å². The predicted octanol–water partition coefficient (Wildman–Crippen LogP) is 1.57. The van der Waals surface area contributed by atoms with E-state index in [1.165, 1.54) is 0 Å². The summed E-state index contributed by atoms with van der Waals surface area (Å²) in [5.41, 5.74) is 2.82. The van der Waals surface area contributed by atoms with Gasteiger partial charge in [-0.1, -0.05) is 27.7 Å². The van der Waals surface area contributed by atoms with Gasteiger partial charge >= 0.3 is 11.3 Å². The van der Waals surface area contributed by atoms with E-state index in [0.717, 1.165) is 6.42 Å². The lowest BCUT2D eigenvalue weighted by molar-refractivity contribution is 0.286. The maximum Gasteiger partial charge on any atom is 0.309 e. The Hall–Kier alpha value is -0.420. The molecule has 0 amide bonds. The Morgan fingerprint density at radius 3 is 2.62 bits per heavy atom. The monoisotopic (exact) mass is 204 g/mol. The largest absolute Gasteiger partial charge is 0.309 e. The third-order valence-electron chi connectivity index (χ3n) is 1.78. The van der Waals surface area contributed by atoms with Crippen LogP contribution in [0.5, 0.6) is 0 Å². The molecule has 1 heterocycles. The van der Waals surface area contributed by atoms with Crippen LogP contribution in [0, 0.1) is 11.3 Å². The summed E-state index contributed by atoms with van der Waals surface area (Å²) in [6, 6.07) is 0. The van der Waals surface area contributed by atoms with E-state index in [4.69, 9.17) is 0 Å².